The number of carbonyl (C=O) groups excluding carboxylic acids is 2. The lowest BCUT2D eigenvalue weighted by Gasteiger charge is -2.24. The monoisotopic (exact) mass is 423 g/mol. The van der Waals surface area contributed by atoms with Gasteiger partial charge in [-0.05, 0) is 30.7 Å². The van der Waals surface area contributed by atoms with Gasteiger partial charge in [0.25, 0.3) is 10.1 Å². The molecule has 0 fully saturated rings. The van der Waals surface area contributed by atoms with Crippen LogP contribution < -0.4 is 16.8 Å². The van der Waals surface area contributed by atoms with Crippen LogP contribution in [0.4, 0.5) is 22.7 Å². The molecule has 0 aliphatic heterocycles. The van der Waals surface area contributed by atoms with Crippen molar-refractivity contribution in [3.05, 3.63) is 76.3 Å². The molecule has 30 heavy (non-hydrogen) atoms. The molecule has 1 aliphatic carbocycles. The van der Waals surface area contributed by atoms with Gasteiger partial charge in [-0.15, -0.1) is 0 Å². The van der Waals surface area contributed by atoms with Crippen LogP contribution in [-0.2, 0) is 10.1 Å². The lowest BCUT2D eigenvalue weighted by molar-refractivity contribution is 0.0980. The topological polar surface area (TPSA) is 153 Å². The number of carbonyl (C=O) groups is 2. The Morgan fingerprint density at radius 2 is 1.47 bits per heavy atom. The van der Waals surface area contributed by atoms with Gasteiger partial charge in [-0.2, -0.15) is 8.42 Å². The predicted molar refractivity (Wildman–Crippen MR) is 113 cm³/mol. The molecule has 0 unspecified atom stereocenters. The lowest BCUT2D eigenvalue weighted by Crippen LogP contribution is -2.25. The molecule has 0 amide bonds. The van der Waals surface area contributed by atoms with Crippen LogP contribution in [0.1, 0.15) is 37.4 Å². The van der Waals surface area contributed by atoms with Crippen molar-refractivity contribution in [2.45, 2.75) is 11.8 Å². The van der Waals surface area contributed by atoms with E-state index in [4.69, 9.17) is 11.5 Å². The van der Waals surface area contributed by atoms with E-state index in [0.29, 0.717) is 11.4 Å². The fourth-order valence-electron chi connectivity index (χ4n) is 3.53. The van der Waals surface area contributed by atoms with Gasteiger partial charge in [0.1, 0.15) is 4.90 Å². The first kappa shape index (κ1) is 19.6. The summed E-state index contributed by atoms with van der Waals surface area (Å²) in [5.74, 6) is -1.09. The van der Waals surface area contributed by atoms with Crippen molar-refractivity contribution in [2.24, 2.45) is 0 Å². The number of benzene rings is 3. The molecular weight excluding hydrogens is 406 g/mol. The number of fused-ring (bicyclic) bond motifs is 2. The highest BCUT2D eigenvalue weighted by Gasteiger charge is 2.36. The Morgan fingerprint density at radius 3 is 2.07 bits per heavy atom. The largest absolute Gasteiger partial charge is 0.399 e. The highest BCUT2D eigenvalue weighted by molar-refractivity contribution is 7.86. The summed E-state index contributed by atoms with van der Waals surface area (Å²) in [6.07, 6.45) is 0. The van der Waals surface area contributed by atoms with Crippen molar-refractivity contribution in [1.82, 2.24) is 0 Å². The van der Waals surface area contributed by atoms with Gasteiger partial charge in [-0.1, -0.05) is 30.3 Å². The Hall–Kier alpha value is -3.69. The van der Waals surface area contributed by atoms with Crippen molar-refractivity contribution in [3.8, 4) is 0 Å². The van der Waals surface area contributed by atoms with E-state index in [0.717, 1.165) is 11.6 Å². The number of anilines is 4. The summed E-state index contributed by atoms with van der Waals surface area (Å²) < 4.78 is 33.5. The Balaban J connectivity index is 2.05. The Kier molecular flexibility index (Phi) is 4.37. The van der Waals surface area contributed by atoms with E-state index < -0.39 is 32.3 Å². The van der Waals surface area contributed by atoms with Crippen molar-refractivity contribution in [1.29, 1.82) is 0 Å². The van der Waals surface area contributed by atoms with E-state index in [-0.39, 0.29) is 27.9 Å². The molecule has 6 N–H and O–H groups in total. The van der Waals surface area contributed by atoms with Crippen LogP contribution in [-0.4, -0.2) is 24.5 Å². The maximum Gasteiger partial charge on any atom is 0.296 e. The van der Waals surface area contributed by atoms with E-state index in [1.165, 1.54) is 12.1 Å². The summed E-state index contributed by atoms with van der Waals surface area (Å²) in [4.78, 5) is 25.7. The van der Waals surface area contributed by atoms with Crippen LogP contribution in [0.25, 0.3) is 0 Å². The van der Waals surface area contributed by atoms with Crippen LogP contribution in [0.2, 0.25) is 0 Å². The summed E-state index contributed by atoms with van der Waals surface area (Å²) in [6.45, 7) is 1.79. The first-order valence-electron chi connectivity index (χ1n) is 8.85. The van der Waals surface area contributed by atoms with Gasteiger partial charge >= 0.3 is 0 Å². The predicted octanol–water partition coefficient (Wildman–Crippen LogP) is 2.93. The summed E-state index contributed by atoms with van der Waals surface area (Å²) in [5, 5.41) is 2.98. The van der Waals surface area contributed by atoms with E-state index in [9.17, 15) is 22.6 Å². The standard InChI is InChI=1S/C21H17N3O5S/c1-10-6-7-11(22)8-14(10)24-15-9-16(30(27,28)29)19(23)18-17(15)20(25)12-4-2-3-5-13(12)21(18)26/h2-9,24H,22-23H2,1H3,(H,27,28,29). The fraction of sp³-hybridized carbons (Fsp3) is 0.0476. The number of nitrogens with two attached hydrogens (primary N) is 2. The molecule has 0 spiro atoms. The van der Waals surface area contributed by atoms with Crippen LogP contribution in [0.3, 0.4) is 0 Å². The summed E-state index contributed by atoms with van der Waals surface area (Å²) >= 11 is 0. The number of rotatable bonds is 3. The highest BCUT2D eigenvalue weighted by atomic mass is 32.2. The van der Waals surface area contributed by atoms with E-state index in [1.807, 2.05) is 0 Å². The van der Waals surface area contributed by atoms with Crippen LogP contribution in [0.15, 0.2) is 53.4 Å². The zero-order valence-electron chi connectivity index (χ0n) is 15.8. The number of nitrogen functional groups attached to an aromatic ring is 2. The molecule has 0 aromatic heterocycles. The molecule has 152 valence electrons. The van der Waals surface area contributed by atoms with Gasteiger partial charge in [0.15, 0.2) is 11.6 Å². The second-order valence-electron chi connectivity index (χ2n) is 6.96. The van der Waals surface area contributed by atoms with E-state index in [1.54, 1.807) is 37.3 Å². The molecule has 1 aliphatic rings. The first-order valence-corrected chi connectivity index (χ1v) is 10.3. The van der Waals surface area contributed by atoms with Crippen LogP contribution >= 0.6 is 0 Å². The van der Waals surface area contributed by atoms with Gasteiger partial charge in [-0.3, -0.25) is 14.1 Å². The molecule has 0 saturated carbocycles. The van der Waals surface area contributed by atoms with Crippen LogP contribution in [0.5, 0.6) is 0 Å². The number of hydrogen-bond acceptors (Lipinski definition) is 7. The zero-order valence-corrected chi connectivity index (χ0v) is 16.6. The Bertz CT molecular complexity index is 1360. The smallest absolute Gasteiger partial charge is 0.296 e. The van der Waals surface area contributed by atoms with E-state index >= 15 is 0 Å². The average molecular weight is 423 g/mol. The molecule has 8 nitrogen and oxygen atoms in total. The van der Waals surface area contributed by atoms with Crippen LogP contribution in [0, 0.1) is 6.92 Å². The van der Waals surface area contributed by atoms with Gasteiger partial charge in [0.05, 0.1) is 22.5 Å². The quantitative estimate of drug-likeness (QED) is 0.290. The average Bonchev–Trinajstić information content (AvgIpc) is 2.69. The molecular formula is C21H17N3O5S. The fourth-order valence-corrected chi connectivity index (χ4v) is 4.17. The Morgan fingerprint density at radius 1 is 0.867 bits per heavy atom. The van der Waals surface area contributed by atoms with Gasteiger partial charge in [0, 0.05) is 22.5 Å². The number of nitrogens with one attached hydrogen (secondary N) is 1. The van der Waals surface area contributed by atoms with Crippen molar-refractivity contribution >= 4 is 44.4 Å². The molecule has 9 heteroatoms. The molecule has 0 heterocycles. The molecule has 4 rings (SSSR count). The SMILES string of the molecule is Cc1ccc(N)cc1Nc1cc(S(=O)(=O)O)c(N)c2c1C(=O)c1ccccc1C2=O. The minimum atomic E-state index is -4.77. The highest BCUT2D eigenvalue weighted by Crippen LogP contribution is 2.40. The zero-order chi connectivity index (χ0) is 21.8. The summed E-state index contributed by atoms with van der Waals surface area (Å²) in [6, 6.07) is 12.3. The van der Waals surface area contributed by atoms with Gasteiger partial charge in [-0.25, -0.2) is 0 Å². The molecule has 0 atom stereocenters. The van der Waals surface area contributed by atoms with Gasteiger partial charge < -0.3 is 16.8 Å². The Labute approximate surface area is 172 Å². The lowest BCUT2D eigenvalue weighted by atomic mass is 9.82. The van der Waals surface area contributed by atoms with E-state index in [2.05, 4.69) is 5.32 Å². The molecule has 3 aromatic carbocycles. The van der Waals surface area contributed by atoms with Crippen molar-refractivity contribution in [3.63, 3.8) is 0 Å². The first-order chi connectivity index (χ1) is 14.1. The number of aryl methyl sites for hydroxylation is 1. The minimum absolute atomic E-state index is 0.0216. The number of hydrogen-bond donors (Lipinski definition) is 4. The minimum Gasteiger partial charge on any atom is -0.399 e. The maximum atomic E-state index is 13.2. The summed E-state index contributed by atoms with van der Waals surface area (Å²) in [7, 11) is -4.77. The third-order valence-corrected chi connectivity index (χ3v) is 5.90. The second kappa shape index (κ2) is 6.68. The molecule has 0 bridgehead atoms. The molecule has 0 saturated heterocycles. The maximum absolute atomic E-state index is 13.2. The summed E-state index contributed by atoms with van der Waals surface area (Å²) in [5.41, 5.74) is 13.0. The third-order valence-electron chi connectivity index (χ3n) is 5.01. The third kappa shape index (κ3) is 3.00. The second-order valence-corrected chi connectivity index (χ2v) is 8.35. The normalized spacial score (nSPS) is 13.0. The number of ketones is 2. The van der Waals surface area contributed by atoms with Gasteiger partial charge in [0.2, 0.25) is 0 Å². The molecule has 0 radical (unpaired) electrons. The van der Waals surface area contributed by atoms with Crippen molar-refractivity contribution in [2.75, 3.05) is 16.8 Å². The van der Waals surface area contributed by atoms with Crippen molar-refractivity contribution < 1.29 is 22.6 Å². The molecule has 3 aromatic rings.